The van der Waals surface area contributed by atoms with Gasteiger partial charge in [0.25, 0.3) is 0 Å². The van der Waals surface area contributed by atoms with Crippen LogP contribution in [0.3, 0.4) is 0 Å². The largest absolute Gasteiger partial charge is 0.485 e. The normalized spacial score (nSPS) is 20.1. The smallest absolute Gasteiger partial charge is 0.132 e. The predicted molar refractivity (Wildman–Crippen MR) is 132 cm³/mol. The Hall–Kier alpha value is -3.13. The fourth-order valence-corrected chi connectivity index (χ4v) is 6.42. The molecule has 0 bridgehead atoms. The van der Waals surface area contributed by atoms with Crippen LogP contribution in [0, 0.1) is 27.7 Å². The summed E-state index contributed by atoms with van der Waals surface area (Å²) in [7, 11) is 0. The number of pyridine rings is 1. The second kappa shape index (κ2) is 6.45. The number of nitrogens with zero attached hydrogens (tertiary/aromatic N) is 1. The first kappa shape index (κ1) is 19.5. The molecule has 0 saturated heterocycles. The maximum Gasteiger partial charge on any atom is 0.132 e. The molecule has 1 aliphatic carbocycles. The van der Waals surface area contributed by atoms with Gasteiger partial charge in [-0.1, -0.05) is 55.8 Å². The van der Waals surface area contributed by atoms with Crippen molar-refractivity contribution in [1.29, 1.82) is 0 Å². The summed E-state index contributed by atoms with van der Waals surface area (Å²) in [5, 5.41) is 1.27. The molecule has 1 aromatic heterocycles. The molecule has 0 amide bonds. The zero-order chi connectivity index (χ0) is 22.4. The summed E-state index contributed by atoms with van der Waals surface area (Å²) in [6, 6.07) is 20.0. The van der Waals surface area contributed by atoms with Crippen molar-refractivity contribution in [3.8, 4) is 17.0 Å². The van der Waals surface area contributed by atoms with Crippen LogP contribution in [0.25, 0.3) is 22.2 Å². The first-order valence-electron chi connectivity index (χ1n) is 11.6. The van der Waals surface area contributed by atoms with E-state index in [4.69, 9.17) is 9.72 Å². The Morgan fingerprint density at radius 3 is 2.41 bits per heavy atom. The van der Waals surface area contributed by atoms with Crippen molar-refractivity contribution in [2.75, 3.05) is 0 Å². The summed E-state index contributed by atoms with van der Waals surface area (Å²) in [6.45, 7) is 13.5. The van der Waals surface area contributed by atoms with Crippen molar-refractivity contribution in [3.63, 3.8) is 0 Å². The molecule has 4 aromatic rings. The van der Waals surface area contributed by atoms with Crippen LogP contribution >= 0.6 is 0 Å². The molecule has 2 heterocycles. The average Bonchev–Trinajstić information content (AvgIpc) is 3.21. The molecule has 0 spiro atoms. The van der Waals surface area contributed by atoms with Crippen LogP contribution in [-0.4, -0.2) is 4.98 Å². The fourth-order valence-electron chi connectivity index (χ4n) is 6.42. The third-order valence-corrected chi connectivity index (χ3v) is 7.61. The molecular formula is C30H29NO. The van der Waals surface area contributed by atoms with Crippen molar-refractivity contribution >= 4 is 10.9 Å². The molecule has 3 aromatic carbocycles. The molecule has 0 saturated carbocycles. The van der Waals surface area contributed by atoms with Crippen LogP contribution in [0.5, 0.6) is 5.75 Å². The van der Waals surface area contributed by atoms with Crippen LogP contribution in [0.15, 0.2) is 54.6 Å². The van der Waals surface area contributed by atoms with Crippen molar-refractivity contribution < 1.29 is 4.74 Å². The SMILES string of the molecule is Cc1ccc2c(c1)C1C(O2)c2cccc(-c3cc(C)c4c(C)cc(C)cc4n3)c2C1(C)C. The Labute approximate surface area is 190 Å². The van der Waals surface area contributed by atoms with Gasteiger partial charge in [0.2, 0.25) is 0 Å². The molecule has 160 valence electrons. The molecule has 2 aliphatic rings. The lowest BCUT2D eigenvalue weighted by Gasteiger charge is -2.29. The number of aryl methyl sites for hydroxylation is 4. The Balaban J connectivity index is 1.58. The van der Waals surface area contributed by atoms with Gasteiger partial charge in [-0.25, -0.2) is 4.98 Å². The van der Waals surface area contributed by atoms with Gasteiger partial charge in [0.1, 0.15) is 11.9 Å². The van der Waals surface area contributed by atoms with E-state index in [-0.39, 0.29) is 11.5 Å². The van der Waals surface area contributed by atoms with E-state index in [1.165, 1.54) is 49.9 Å². The van der Waals surface area contributed by atoms with E-state index in [0.717, 1.165) is 17.0 Å². The van der Waals surface area contributed by atoms with Gasteiger partial charge in [-0.05, 0) is 73.7 Å². The molecule has 32 heavy (non-hydrogen) atoms. The number of aromatic nitrogens is 1. The van der Waals surface area contributed by atoms with Crippen LogP contribution in [-0.2, 0) is 5.41 Å². The Morgan fingerprint density at radius 2 is 1.59 bits per heavy atom. The predicted octanol–water partition coefficient (Wildman–Crippen LogP) is 7.64. The monoisotopic (exact) mass is 419 g/mol. The first-order valence-corrected chi connectivity index (χ1v) is 11.6. The molecule has 6 rings (SSSR count). The average molecular weight is 420 g/mol. The van der Waals surface area contributed by atoms with Crippen molar-refractivity contribution in [2.45, 2.75) is 59.0 Å². The van der Waals surface area contributed by atoms with Gasteiger partial charge in [-0.3, -0.25) is 0 Å². The molecule has 2 nitrogen and oxygen atoms in total. The summed E-state index contributed by atoms with van der Waals surface area (Å²) < 4.78 is 6.54. The first-order chi connectivity index (χ1) is 15.3. The summed E-state index contributed by atoms with van der Waals surface area (Å²) in [5.74, 6) is 1.36. The van der Waals surface area contributed by atoms with Crippen LogP contribution < -0.4 is 4.74 Å². The van der Waals surface area contributed by atoms with E-state index in [2.05, 4.69) is 96.1 Å². The minimum atomic E-state index is -0.0529. The molecule has 1 aliphatic heterocycles. The highest BCUT2D eigenvalue weighted by Gasteiger charge is 2.53. The Morgan fingerprint density at radius 1 is 0.812 bits per heavy atom. The highest BCUT2D eigenvalue weighted by molar-refractivity contribution is 5.89. The van der Waals surface area contributed by atoms with E-state index < -0.39 is 0 Å². The van der Waals surface area contributed by atoms with Gasteiger partial charge in [0, 0.05) is 27.8 Å². The molecular weight excluding hydrogens is 390 g/mol. The van der Waals surface area contributed by atoms with Gasteiger partial charge in [0.15, 0.2) is 0 Å². The number of hydrogen-bond donors (Lipinski definition) is 0. The summed E-state index contributed by atoms with van der Waals surface area (Å²) in [6.07, 6.45) is 0.0720. The highest BCUT2D eigenvalue weighted by Crippen LogP contribution is 2.63. The summed E-state index contributed by atoms with van der Waals surface area (Å²) in [4.78, 5) is 5.18. The highest BCUT2D eigenvalue weighted by atomic mass is 16.5. The Bertz CT molecular complexity index is 1430. The lowest BCUT2D eigenvalue weighted by atomic mass is 9.73. The lowest BCUT2D eigenvalue weighted by molar-refractivity contribution is 0.198. The van der Waals surface area contributed by atoms with Crippen LogP contribution in [0.4, 0.5) is 0 Å². The molecule has 2 atom stereocenters. The van der Waals surface area contributed by atoms with Crippen molar-refractivity contribution in [2.24, 2.45) is 0 Å². The summed E-state index contributed by atoms with van der Waals surface area (Å²) in [5.41, 5.74) is 12.5. The number of fused-ring (bicyclic) bond motifs is 6. The minimum absolute atomic E-state index is 0.0529. The summed E-state index contributed by atoms with van der Waals surface area (Å²) >= 11 is 0. The van der Waals surface area contributed by atoms with E-state index >= 15 is 0 Å². The molecule has 2 unspecified atom stereocenters. The van der Waals surface area contributed by atoms with Gasteiger partial charge in [0.05, 0.1) is 11.2 Å². The van der Waals surface area contributed by atoms with E-state index in [0.29, 0.717) is 5.92 Å². The number of rotatable bonds is 1. The lowest BCUT2D eigenvalue weighted by Crippen LogP contribution is -2.23. The topological polar surface area (TPSA) is 22.1 Å². The maximum absolute atomic E-state index is 6.54. The molecule has 2 heteroatoms. The van der Waals surface area contributed by atoms with Crippen molar-refractivity contribution in [1.82, 2.24) is 4.98 Å². The van der Waals surface area contributed by atoms with Gasteiger partial charge in [-0.15, -0.1) is 0 Å². The second-order valence-corrected chi connectivity index (χ2v) is 10.3. The number of hydrogen-bond acceptors (Lipinski definition) is 2. The second-order valence-electron chi connectivity index (χ2n) is 10.3. The zero-order valence-electron chi connectivity index (χ0n) is 19.7. The molecule has 0 fully saturated rings. The minimum Gasteiger partial charge on any atom is -0.485 e. The third kappa shape index (κ3) is 2.56. The quantitative estimate of drug-likeness (QED) is 0.316. The standard InChI is InChI=1S/C30H29NO/c1-16-10-11-25-22(13-16)28-29(32-25)21-9-7-8-20(27(21)30(28,5)6)23-15-19(4)26-18(3)12-17(2)14-24(26)31-23/h7-15,28-29H,1-6H3. The van der Waals surface area contributed by atoms with Crippen LogP contribution in [0.1, 0.15) is 64.8 Å². The zero-order valence-corrected chi connectivity index (χ0v) is 19.7. The van der Waals surface area contributed by atoms with E-state index in [9.17, 15) is 0 Å². The fraction of sp³-hybridized carbons (Fsp3) is 0.300. The van der Waals surface area contributed by atoms with E-state index in [1.54, 1.807) is 0 Å². The van der Waals surface area contributed by atoms with Gasteiger partial charge in [-0.2, -0.15) is 0 Å². The third-order valence-electron chi connectivity index (χ3n) is 7.61. The molecule has 0 radical (unpaired) electrons. The number of ether oxygens (including phenoxy) is 1. The van der Waals surface area contributed by atoms with Crippen LogP contribution in [0.2, 0.25) is 0 Å². The van der Waals surface area contributed by atoms with Crippen molar-refractivity contribution in [3.05, 3.63) is 93.5 Å². The Kier molecular flexibility index (Phi) is 3.94. The molecule has 0 N–H and O–H groups in total. The number of benzene rings is 3. The van der Waals surface area contributed by atoms with Gasteiger partial charge < -0.3 is 4.74 Å². The van der Waals surface area contributed by atoms with Gasteiger partial charge >= 0.3 is 0 Å². The maximum atomic E-state index is 6.54. The van der Waals surface area contributed by atoms with E-state index in [1.807, 2.05) is 0 Å².